The molecule has 1 fully saturated rings. The summed E-state index contributed by atoms with van der Waals surface area (Å²) in [5.74, 6) is -0.144. The van der Waals surface area contributed by atoms with E-state index in [0.717, 1.165) is 32.3 Å². The molecule has 0 amide bonds. The van der Waals surface area contributed by atoms with Crippen LogP contribution in [-0.4, -0.2) is 24.8 Å². The molecule has 0 aromatic heterocycles. The highest BCUT2D eigenvalue weighted by molar-refractivity contribution is 5.69. The number of aliphatic carboxylic acids is 1. The topological polar surface area (TPSA) is 46.5 Å². The molecule has 0 spiro atoms. The average Bonchev–Trinajstić information content (AvgIpc) is 2.22. The molecule has 3 heteroatoms. The lowest BCUT2D eigenvalue weighted by atomic mass is 9.82. The van der Waals surface area contributed by atoms with Crippen LogP contribution < -0.4 is 0 Å². The Labute approximate surface area is 86.5 Å². The minimum absolute atomic E-state index is 0.0990. The normalized spacial score (nSPS) is 26.2. The van der Waals surface area contributed by atoms with E-state index in [4.69, 9.17) is 9.84 Å². The lowest BCUT2D eigenvalue weighted by Gasteiger charge is -2.25. The Morgan fingerprint density at radius 2 is 1.79 bits per heavy atom. The molecule has 0 atom stereocenters. The highest BCUT2D eigenvalue weighted by Crippen LogP contribution is 2.28. The van der Waals surface area contributed by atoms with Crippen LogP contribution in [0.4, 0.5) is 0 Å². The Morgan fingerprint density at radius 1 is 1.29 bits per heavy atom. The van der Waals surface area contributed by atoms with Gasteiger partial charge in [0, 0.05) is 13.7 Å². The highest BCUT2D eigenvalue weighted by atomic mass is 16.5. The molecule has 0 aromatic rings. The molecule has 3 nitrogen and oxygen atoms in total. The Hall–Kier alpha value is -0.570. The van der Waals surface area contributed by atoms with E-state index in [0.29, 0.717) is 5.92 Å². The zero-order chi connectivity index (χ0) is 11.0. The van der Waals surface area contributed by atoms with Gasteiger partial charge in [-0.3, -0.25) is 4.79 Å². The molecule has 0 bridgehead atoms. The van der Waals surface area contributed by atoms with Crippen molar-refractivity contribution in [1.29, 1.82) is 0 Å². The molecule has 1 aliphatic rings. The minimum atomic E-state index is -0.633. The van der Waals surface area contributed by atoms with Gasteiger partial charge in [0.2, 0.25) is 0 Å². The molecule has 0 aliphatic heterocycles. The standard InChI is InChI=1S/C9H16O3.C2H6/c1-12-6-7-2-4-8(5-3-7)9(10)11;1-2/h7-8H,2-6H2,1H3,(H,10,11);1-2H3. The summed E-state index contributed by atoms with van der Waals surface area (Å²) in [5, 5.41) is 8.72. The molecule has 0 unspecified atom stereocenters. The summed E-state index contributed by atoms with van der Waals surface area (Å²) in [6.07, 6.45) is 3.66. The van der Waals surface area contributed by atoms with Crippen molar-refractivity contribution in [3.05, 3.63) is 0 Å². The predicted molar refractivity (Wildman–Crippen MR) is 56.3 cm³/mol. The summed E-state index contributed by atoms with van der Waals surface area (Å²) in [7, 11) is 1.70. The number of hydrogen-bond acceptors (Lipinski definition) is 2. The van der Waals surface area contributed by atoms with E-state index in [1.807, 2.05) is 13.8 Å². The van der Waals surface area contributed by atoms with Crippen LogP contribution in [0.25, 0.3) is 0 Å². The van der Waals surface area contributed by atoms with Crippen molar-refractivity contribution in [1.82, 2.24) is 0 Å². The fourth-order valence-corrected chi connectivity index (χ4v) is 1.81. The summed E-state index contributed by atoms with van der Waals surface area (Å²) in [4.78, 5) is 10.6. The number of carbonyl (C=O) groups is 1. The van der Waals surface area contributed by atoms with E-state index in [9.17, 15) is 4.79 Å². The molecule has 0 aromatic carbocycles. The van der Waals surface area contributed by atoms with Crippen LogP contribution >= 0.6 is 0 Å². The van der Waals surface area contributed by atoms with Crippen LogP contribution in [0, 0.1) is 11.8 Å². The maximum atomic E-state index is 10.6. The SMILES string of the molecule is CC.COCC1CCC(C(=O)O)CC1. The first-order chi connectivity index (χ1) is 6.74. The first-order valence-electron chi connectivity index (χ1n) is 5.45. The van der Waals surface area contributed by atoms with E-state index in [-0.39, 0.29) is 5.92 Å². The van der Waals surface area contributed by atoms with Crippen molar-refractivity contribution in [2.75, 3.05) is 13.7 Å². The minimum Gasteiger partial charge on any atom is -0.481 e. The summed E-state index contributed by atoms with van der Waals surface area (Å²) in [6.45, 7) is 4.78. The van der Waals surface area contributed by atoms with Gasteiger partial charge in [-0.2, -0.15) is 0 Å². The van der Waals surface area contributed by atoms with Crippen molar-refractivity contribution < 1.29 is 14.6 Å². The Kier molecular flexibility index (Phi) is 7.48. The molecular formula is C11H22O3. The first kappa shape index (κ1) is 13.4. The number of carboxylic acid groups (broad SMARTS) is 1. The van der Waals surface area contributed by atoms with E-state index in [1.54, 1.807) is 7.11 Å². The second-order valence-corrected chi connectivity index (χ2v) is 3.51. The summed E-state index contributed by atoms with van der Waals surface area (Å²) in [5.41, 5.74) is 0. The van der Waals surface area contributed by atoms with Gasteiger partial charge in [-0.05, 0) is 31.6 Å². The third-order valence-corrected chi connectivity index (χ3v) is 2.60. The molecule has 1 N–H and O–H groups in total. The molecule has 84 valence electrons. The van der Waals surface area contributed by atoms with E-state index < -0.39 is 5.97 Å². The number of carboxylic acids is 1. The maximum Gasteiger partial charge on any atom is 0.306 e. The Bertz CT molecular complexity index is 149. The zero-order valence-corrected chi connectivity index (χ0v) is 9.45. The van der Waals surface area contributed by atoms with Gasteiger partial charge >= 0.3 is 5.97 Å². The van der Waals surface area contributed by atoms with Gasteiger partial charge in [0.15, 0.2) is 0 Å². The van der Waals surface area contributed by atoms with Gasteiger partial charge in [-0.1, -0.05) is 13.8 Å². The lowest BCUT2D eigenvalue weighted by molar-refractivity contribution is -0.143. The molecule has 1 rings (SSSR count). The lowest BCUT2D eigenvalue weighted by Crippen LogP contribution is -2.23. The third kappa shape index (κ3) is 4.61. The van der Waals surface area contributed by atoms with Crippen LogP contribution in [0.2, 0.25) is 0 Å². The van der Waals surface area contributed by atoms with Crippen molar-refractivity contribution >= 4 is 5.97 Å². The van der Waals surface area contributed by atoms with Crippen LogP contribution in [0.15, 0.2) is 0 Å². The molecular weight excluding hydrogens is 180 g/mol. The van der Waals surface area contributed by atoms with Crippen molar-refractivity contribution in [3.8, 4) is 0 Å². The van der Waals surface area contributed by atoms with Crippen molar-refractivity contribution in [3.63, 3.8) is 0 Å². The summed E-state index contributed by atoms with van der Waals surface area (Å²) >= 11 is 0. The van der Waals surface area contributed by atoms with Crippen LogP contribution in [0.5, 0.6) is 0 Å². The van der Waals surface area contributed by atoms with Gasteiger partial charge in [0.1, 0.15) is 0 Å². The van der Waals surface area contributed by atoms with Crippen molar-refractivity contribution in [2.45, 2.75) is 39.5 Å². The summed E-state index contributed by atoms with van der Waals surface area (Å²) < 4.78 is 5.03. The Balaban J connectivity index is 0.000000791. The second kappa shape index (κ2) is 7.80. The molecule has 0 radical (unpaired) electrons. The van der Waals surface area contributed by atoms with Gasteiger partial charge in [-0.25, -0.2) is 0 Å². The quantitative estimate of drug-likeness (QED) is 0.765. The summed E-state index contributed by atoms with van der Waals surface area (Å²) in [6, 6.07) is 0. The third-order valence-electron chi connectivity index (χ3n) is 2.60. The first-order valence-corrected chi connectivity index (χ1v) is 5.45. The smallest absolute Gasteiger partial charge is 0.306 e. The van der Waals surface area contributed by atoms with Gasteiger partial charge in [-0.15, -0.1) is 0 Å². The fourth-order valence-electron chi connectivity index (χ4n) is 1.81. The van der Waals surface area contributed by atoms with Gasteiger partial charge in [0.25, 0.3) is 0 Å². The zero-order valence-electron chi connectivity index (χ0n) is 9.45. The second-order valence-electron chi connectivity index (χ2n) is 3.51. The predicted octanol–water partition coefficient (Wildman–Crippen LogP) is 2.55. The molecule has 1 aliphatic carbocycles. The number of methoxy groups -OCH3 is 1. The fraction of sp³-hybridized carbons (Fsp3) is 0.909. The van der Waals surface area contributed by atoms with Gasteiger partial charge < -0.3 is 9.84 Å². The maximum absolute atomic E-state index is 10.6. The number of ether oxygens (including phenoxy) is 1. The largest absolute Gasteiger partial charge is 0.481 e. The number of hydrogen-bond donors (Lipinski definition) is 1. The van der Waals surface area contributed by atoms with Crippen LogP contribution in [0.3, 0.4) is 0 Å². The number of rotatable bonds is 3. The molecule has 1 saturated carbocycles. The van der Waals surface area contributed by atoms with Gasteiger partial charge in [0.05, 0.1) is 5.92 Å². The van der Waals surface area contributed by atoms with Crippen LogP contribution in [-0.2, 0) is 9.53 Å². The molecule has 0 heterocycles. The van der Waals surface area contributed by atoms with E-state index in [1.165, 1.54) is 0 Å². The van der Waals surface area contributed by atoms with Crippen molar-refractivity contribution in [2.24, 2.45) is 11.8 Å². The van der Waals surface area contributed by atoms with E-state index >= 15 is 0 Å². The average molecular weight is 202 g/mol. The van der Waals surface area contributed by atoms with Crippen LogP contribution in [0.1, 0.15) is 39.5 Å². The highest BCUT2D eigenvalue weighted by Gasteiger charge is 2.25. The van der Waals surface area contributed by atoms with E-state index in [2.05, 4.69) is 0 Å². The monoisotopic (exact) mass is 202 g/mol. The molecule has 0 saturated heterocycles. The molecule has 14 heavy (non-hydrogen) atoms. The Morgan fingerprint density at radius 3 is 2.14 bits per heavy atom.